The van der Waals surface area contributed by atoms with E-state index in [9.17, 15) is 37.3 Å². The van der Waals surface area contributed by atoms with Crippen LogP contribution in [0.15, 0.2) is 42.5 Å². The third kappa shape index (κ3) is 4.52. The molecule has 2 saturated heterocycles. The van der Waals surface area contributed by atoms with Crippen LogP contribution in [0.1, 0.15) is 12.0 Å². The molecule has 0 bridgehead atoms. The first-order valence-electron chi connectivity index (χ1n) is 10.5. The normalized spacial score (nSPS) is 19.0. The average molecular weight is 480 g/mol. The van der Waals surface area contributed by atoms with E-state index in [1.165, 1.54) is 28.0 Å². The molecular weight excluding hydrogens is 460 g/mol. The first kappa shape index (κ1) is 23.5. The highest BCUT2D eigenvalue weighted by Crippen LogP contribution is 2.37. The Kier molecular flexibility index (Phi) is 6.15. The van der Waals surface area contributed by atoms with Crippen LogP contribution in [0.2, 0.25) is 0 Å². The SMILES string of the molecule is O=C(C1CC(=O)N(c2ccccc2F)C1)N1CCN(c2ccc(C(F)(F)F)cc2[N+](=O)[O-])CC1. The van der Waals surface area contributed by atoms with Gasteiger partial charge in [0.1, 0.15) is 11.5 Å². The average Bonchev–Trinajstić information content (AvgIpc) is 3.19. The summed E-state index contributed by atoms with van der Waals surface area (Å²) in [7, 11) is 0. The lowest BCUT2D eigenvalue weighted by Crippen LogP contribution is -2.50. The van der Waals surface area contributed by atoms with Crippen molar-refractivity contribution in [3.8, 4) is 0 Å². The maximum Gasteiger partial charge on any atom is 0.416 e. The van der Waals surface area contributed by atoms with Gasteiger partial charge in [0.15, 0.2) is 0 Å². The fourth-order valence-electron chi connectivity index (χ4n) is 4.32. The fourth-order valence-corrected chi connectivity index (χ4v) is 4.32. The molecule has 2 aliphatic rings. The zero-order valence-corrected chi connectivity index (χ0v) is 17.8. The third-order valence-corrected chi connectivity index (χ3v) is 6.05. The molecule has 180 valence electrons. The number of nitrogens with zero attached hydrogens (tertiary/aromatic N) is 4. The minimum Gasteiger partial charge on any atom is -0.362 e. The lowest BCUT2D eigenvalue weighted by Gasteiger charge is -2.36. The molecule has 34 heavy (non-hydrogen) atoms. The van der Waals surface area contributed by atoms with Crippen molar-refractivity contribution < 1.29 is 32.1 Å². The number of benzene rings is 2. The first-order chi connectivity index (χ1) is 16.1. The molecule has 2 aromatic rings. The van der Waals surface area contributed by atoms with Gasteiger partial charge in [-0.3, -0.25) is 19.7 Å². The van der Waals surface area contributed by atoms with Gasteiger partial charge in [-0.15, -0.1) is 0 Å². The Morgan fingerprint density at radius 3 is 2.32 bits per heavy atom. The minimum atomic E-state index is -4.70. The van der Waals surface area contributed by atoms with E-state index in [1.54, 1.807) is 11.0 Å². The van der Waals surface area contributed by atoms with E-state index in [1.807, 2.05) is 0 Å². The molecule has 1 atom stereocenters. The van der Waals surface area contributed by atoms with Crippen molar-refractivity contribution in [2.24, 2.45) is 5.92 Å². The van der Waals surface area contributed by atoms with E-state index >= 15 is 0 Å². The number of carbonyl (C=O) groups excluding carboxylic acids is 2. The van der Waals surface area contributed by atoms with Gasteiger partial charge in [-0.1, -0.05) is 12.1 Å². The number of hydrogen-bond donors (Lipinski definition) is 0. The van der Waals surface area contributed by atoms with Crippen molar-refractivity contribution in [1.29, 1.82) is 0 Å². The monoisotopic (exact) mass is 480 g/mol. The van der Waals surface area contributed by atoms with Gasteiger partial charge in [0.25, 0.3) is 5.69 Å². The van der Waals surface area contributed by atoms with Gasteiger partial charge in [-0.2, -0.15) is 13.2 Å². The van der Waals surface area contributed by atoms with Crippen LogP contribution in [0.5, 0.6) is 0 Å². The number of piperazine rings is 1. The molecule has 2 aromatic carbocycles. The predicted molar refractivity (Wildman–Crippen MR) is 114 cm³/mol. The van der Waals surface area contributed by atoms with Gasteiger partial charge in [-0.25, -0.2) is 4.39 Å². The Balaban J connectivity index is 1.42. The van der Waals surface area contributed by atoms with Crippen molar-refractivity contribution in [1.82, 2.24) is 4.90 Å². The van der Waals surface area contributed by atoms with Gasteiger partial charge in [0, 0.05) is 45.2 Å². The number of rotatable bonds is 4. The Morgan fingerprint density at radius 1 is 1.03 bits per heavy atom. The molecule has 0 radical (unpaired) electrons. The van der Waals surface area contributed by atoms with Crippen molar-refractivity contribution in [2.45, 2.75) is 12.6 Å². The number of para-hydroxylation sites is 1. The van der Waals surface area contributed by atoms with Crippen LogP contribution in [-0.2, 0) is 15.8 Å². The Bertz CT molecular complexity index is 1130. The summed E-state index contributed by atoms with van der Waals surface area (Å²) in [5, 5.41) is 11.4. The van der Waals surface area contributed by atoms with Gasteiger partial charge >= 0.3 is 6.18 Å². The molecule has 0 spiro atoms. The standard InChI is InChI=1S/C22H20F4N4O4/c23-16-3-1-2-4-17(16)29-13-14(11-20(29)31)21(32)28-9-7-27(8-10-28)18-6-5-15(22(24,25)26)12-19(18)30(33)34/h1-6,12,14H,7-11,13H2. The highest BCUT2D eigenvalue weighted by atomic mass is 19.4. The molecular formula is C22H20F4N4O4. The maximum absolute atomic E-state index is 14.1. The van der Waals surface area contributed by atoms with E-state index in [2.05, 4.69) is 0 Å². The van der Waals surface area contributed by atoms with Crippen LogP contribution in [0, 0.1) is 21.8 Å². The summed E-state index contributed by atoms with van der Waals surface area (Å²) in [6.07, 6.45) is -4.76. The molecule has 0 N–H and O–H groups in total. The van der Waals surface area contributed by atoms with E-state index < -0.39 is 34.1 Å². The zero-order chi connectivity index (χ0) is 24.6. The molecule has 8 nitrogen and oxygen atoms in total. The summed E-state index contributed by atoms with van der Waals surface area (Å²) in [6, 6.07) is 8.17. The predicted octanol–water partition coefficient (Wildman–Crippen LogP) is 3.45. The van der Waals surface area contributed by atoms with Gasteiger partial charge in [0.05, 0.1) is 22.1 Å². The van der Waals surface area contributed by atoms with Crippen molar-refractivity contribution >= 4 is 28.9 Å². The lowest BCUT2D eigenvalue weighted by atomic mass is 10.1. The fraction of sp³-hybridized carbons (Fsp3) is 0.364. The summed E-state index contributed by atoms with van der Waals surface area (Å²) in [5.41, 5.74) is -1.60. The summed E-state index contributed by atoms with van der Waals surface area (Å²) < 4.78 is 52.9. The zero-order valence-electron chi connectivity index (χ0n) is 17.8. The Morgan fingerprint density at radius 2 is 1.71 bits per heavy atom. The first-order valence-corrected chi connectivity index (χ1v) is 10.5. The number of nitro benzene ring substituents is 1. The molecule has 2 fully saturated rings. The van der Waals surface area contributed by atoms with E-state index in [4.69, 9.17) is 0 Å². The van der Waals surface area contributed by atoms with E-state index in [0.29, 0.717) is 6.07 Å². The summed E-state index contributed by atoms with van der Waals surface area (Å²) in [4.78, 5) is 40.2. The quantitative estimate of drug-likeness (QED) is 0.380. The number of hydrogen-bond acceptors (Lipinski definition) is 5. The second kappa shape index (κ2) is 8.92. The van der Waals surface area contributed by atoms with Crippen LogP contribution in [0.3, 0.4) is 0 Å². The van der Waals surface area contributed by atoms with Crippen molar-refractivity contribution in [3.63, 3.8) is 0 Å². The number of nitro groups is 1. The molecule has 4 rings (SSSR count). The molecule has 0 aromatic heterocycles. The van der Waals surface area contributed by atoms with Gasteiger partial charge in [-0.05, 0) is 24.3 Å². The smallest absolute Gasteiger partial charge is 0.362 e. The number of amides is 2. The number of anilines is 2. The molecule has 2 amide bonds. The van der Waals surface area contributed by atoms with Crippen LogP contribution >= 0.6 is 0 Å². The van der Waals surface area contributed by atoms with E-state index in [0.717, 1.165) is 12.1 Å². The Hall–Kier alpha value is -3.70. The van der Waals surface area contributed by atoms with Gasteiger partial charge < -0.3 is 14.7 Å². The van der Waals surface area contributed by atoms with Crippen LogP contribution in [0.25, 0.3) is 0 Å². The molecule has 1 unspecified atom stereocenters. The molecule has 0 aliphatic carbocycles. The highest BCUT2D eigenvalue weighted by molar-refractivity contribution is 6.00. The topological polar surface area (TPSA) is 87.0 Å². The minimum absolute atomic E-state index is 0.0448. The summed E-state index contributed by atoms with van der Waals surface area (Å²) in [6.45, 7) is 0.761. The Labute approximate surface area is 191 Å². The van der Waals surface area contributed by atoms with Gasteiger partial charge in [0.2, 0.25) is 11.8 Å². The molecule has 2 heterocycles. The lowest BCUT2D eigenvalue weighted by molar-refractivity contribution is -0.384. The number of halogens is 4. The third-order valence-electron chi connectivity index (χ3n) is 6.05. The largest absolute Gasteiger partial charge is 0.416 e. The van der Waals surface area contributed by atoms with Crippen molar-refractivity contribution in [2.75, 3.05) is 42.5 Å². The van der Waals surface area contributed by atoms with Crippen LogP contribution in [-0.4, -0.2) is 54.4 Å². The van der Waals surface area contributed by atoms with Crippen molar-refractivity contribution in [3.05, 3.63) is 64.0 Å². The van der Waals surface area contributed by atoms with E-state index in [-0.39, 0.29) is 62.3 Å². The highest BCUT2D eigenvalue weighted by Gasteiger charge is 2.39. The number of alkyl halides is 3. The maximum atomic E-state index is 14.1. The summed E-state index contributed by atoms with van der Waals surface area (Å²) in [5.74, 6) is -1.86. The molecule has 2 aliphatic heterocycles. The molecule has 0 saturated carbocycles. The van der Waals surface area contributed by atoms with Crippen LogP contribution < -0.4 is 9.80 Å². The number of carbonyl (C=O) groups is 2. The van der Waals surface area contributed by atoms with Crippen LogP contribution in [0.4, 0.5) is 34.6 Å². The second-order valence-electron chi connectivity index (χ2n) is 8.13. The second-order valence-corrected chi connectivity index (χ2v) is 8.13. The molecule has 12 heteroatoms. The summed E-state index contributed by atoms with van der Waals surface area (Å²) >= 11 is 0.